The van der Waals surface area contributed by atoms with Gasteiger partial charge in [0.15, 0.2) is 0 Å². The second kappa shape index (κ2) is 5.50. The van der Waals surface area contributed by atoms with Crippen molar-refractivity contribution in [3.63, 3.8) is 0 Å². The predicted molar refractivity (Wildman–Crippen MR) is 69.1 cm³/mol. The maximum absolute atomic E-state index is 13.3. The zero-order chi connectivity index (χ0) is 12.3. The average molecular weight is 236 g/mol. The first-order valence-corrected chi connectivity index (χ1v) is 6.38. The minimum absolute atomic E-state index is 0.297. The molecule has 2 nitrogen and oxygen atoms in total. The number of nitrogen functional groups attached to an aromatic ring is 1. The van der Waals surface area contributed by atoms with Gasteiger partial charge in [0, 0.05) is 13.1 Å². The number of halogens is 1. The van der Waals surface area contributed by atoms with E-state index in [2.05, 4.69) is 11.9 Å². The van der Waals surface area contributed by atoms with Crippen LogP contribution in [0.4, 0.5) is 10.1 Å². The molecule has 2 rings (SSSR count). The summed E-state index contributed by atoms with van der Waals surface area (Å²) in [6.45, 7) is 1.83. The highest BCUT2D eigenvalue weighted by molar-refractivity contribution is 5.47. The van der Waals surface area contributed by atoms with Crippen molar-refractivity contribution >= 4 is 5.69 Å². The molecule has 1 fully saturated rings. The monoisotopic (exact) mass is 236 g/mol. The minimum Gasteiger partial charge on any atom is -0.396 e. The normalized spacial score (nSPS) is 16.9. The zero-order valence-corrected chi connectivity index (χ0v) is 10.5. The fourth-order valence-corrected chi connectivity index (χ4v) is 2.71. The summed E-state index contributed by atoms with van der Waals surface area (Å²) in [7, 11) is 2.09. The van der Waals surface area contributed by atoms with Crippen molar-refractivity contribution in [2.24, 2.45) is 5.92 Å². The van der Waals surface area contributed by atoms with Gasteiger partial charge in [0.25, 0.3) is 0 Å². The van der Waals surface area contributed by atoms with E-state index < -0.39 is 0 Å². The molecule has 0 aliphatic heterocycles. The van der Waals surface area contributed by atoms with Crippen LogP contribution in [-0.4, -0.2) is 18.5 Å². The first kappa shape index (κ1) is 12.4. The van der Waals surface area contributed by atoms with Crippen LogP contribution in [0.25, 0.3) is 0 Å². The van der Waals surface area contributed by atoms with E-state index >= 15 is 0 Å². The molecule has 1 aromatic rings. The molecule has 1 aromatic carbocycles. The molecule has 3 heteroatoms. The Balaban J connectivity index is 1.93. The van der Waals surface area contributed by atoms with Crippen molar-refractivity contribution in [3.05, 3.63) is 29.6 Å². The summed E-state index contributed by atoms with van der Waals surface area (Å²) in [4.78, 5) is 2.25. The Kier molecular flexibility index (Phi) is 4.00. The first-order valence-electron chi connectivity index (χ1n) is 6.38. The van der Waals surface area contributed by atoms with Gasteiger partial charge >= 0.3 is 0 Å². The molecule has 2 N–H and O–H groups in total. The highest BCUT2D eigenvalue weighted by Crippen LogP contribution is 2.26. The van der Waals surface area contributed by atoms with Crippen LogP contribution >= 0.6 is 0 Å². The van der Waals surface area contributed by atoms with Crippen molar-refractivity contribution in [2.75, 3.05) is 19.3 Å². The van der Waals surface area contributed by atoms with Crippen molar-refractivity contribution in [1.29, 1.82) is 0 Å². The van der Waals surface area contributed by atoms with Gasteiger partial charge < -0.3 is 10.6 Å². The molecule has 17 heavy (non-hydrogen) atoms. The van der Waals surface area contributed by atoms with E-state index in [0.717, 1.165) is 24.6 Å². The maximum Gasteiger partial charge on any atom is 0.146 e. The lowest BCUT2D eigenvalue weighted by Crippen LogP contribution is -2.24. The van der Waals surface area contributed by atoms with E-state index in [4.69, 9.17) is 5.73 Å². The summed E-state index contributed by atoms with van der Waals surface area (Å²) in [5, 5.41) is 0. The molecule has 1 saturated carbocycles. The minimum atomic E-state index is -0.309. The Morgan fingerprint density at radius 2 is 2.06 bits per heavy atom. The summed E-state index contributed by atoms with van der Waals surface area (Å²) >= 11 is 0. The molecule has 1 aliphatic carbocycles. The Morgan fingerprint density at radius 3 is 2.76 bits per heavy atom. The average Bonchev–Trinajstić information content (AvgIpc) is 2.77. The van der Waals surface area contributed by atoms with Crippen LogP contribution in [0.1, 0.15) is 31.2 Å². The first-order chi connectivity index (χ1) is 8.16. The van der Waals surface area contributed by atoms with Crippen molar-refractivity contribution in [2.45, 2.75) is 32.2 Å². The highest BCUT2D eigenvalue weighted by Gasteiger charge is 2.17. The fourth-order valence-electron chi connectivity index (χ4n) is 2.71. The molecule has 0 bridgehead atoms. The summed E-state index contributed by atoms with van der Waals surface area (Å²) in [6, 6.07) is 5.05. The van der Waals surface area contributed by atoms with Crippen molar-refractivity contribution < 1.29 is 4.39 Å². The van der Waals surface area contributed by atoms with Crippen molar-refractivity contribution in [1.82, 2.24) is 4.90 Å². The molecule has 0 radical (unpaired) electrons. The van der Waals surface area contributed by atoms with E-state index in [0.29, 0.717) is 5.69 Å². The Labute approximate surface area is 103 Å². The Bertz CT molecular complexity index is 372. The molecule has 1 aliphatic rings. The highest BCUT2D eigenvalue weighted by atomic mass is 19.1. The second-order valence-corrected chi connectivity index (χ2v) is 5.16. The van der Waals surface area contributed by atoms with E-state index in [1.54, 1.807) is 6.07 Å². The van der Waals surface area contributed by atoms with Crippen LogP contribution in [0.2, 0.25) is 0 Å². The maximum atomic E-state index is 13.3. The third-order valence-electron chi connectivity index (χ3n) is 3.63. The summed E-state index contributed by atoms with van der Waals surface area (Å²) < 4.78 is 13.3. The Morgan fingerprint density at radius 1 is 1.35 bits per heavy atom. The van der Waals surface area contributed by atoms with Gasteiger partial charge in [-0.05, 0) is 37.4 Å². The molecule has 0 saturated heterocycles. The van der Waals surface area contributed by atoms with E-state index in [9.17, 15) is 4.39 Å². The van der Waals surface area contributed by atoms with Gasteiger partial charge in [0.2, 0.25) is 0 Å². The molecular weight excluding hydrogens is 215 g/mol. The molecule has 0 amide bonds. The van der Waals surface area contributed by atoms with Crippen molar-refractivity contribution in [3.8, 4) is 0 Å². The lowest BCUT2D eigenvalue weighted by atomic mass is 10.1. The summed E-state index contributed by atoms with van der Waals surface area (Å²) in [5.41, 5.74) is 6.93. The van der Waals surface area contributed by atoms with E-state index in [-0.39, 0.29) is 5.82 Å². The predicted octanol–water partition coefficient (Wildman–Crippen LogP) is 3.03. The fraction of sp³-hybridized carbons (Fsp3) is 0.571. The third kappa shape index (κ3) is 3.19. The molecule has 0 heterocycles. The van der Waals surface area contributed by atoms with Crippen LogP contribution in [0, 0.1) is 11.7 Å². The molecule has 0 atom stereocenters. The topological polar surface area (TPSA) is 29.3 Å². The molecule has 94 valence electrons. The number of nitrogens with two attached hydrogens (primary N) is 1. The van der Waals surface area contributed by atoms with Crippen LogP contribution in [-0.2, 0) is 6.54 Å². The van der Waals surface area contributed by atoms with Crippen LogP contribution < -0.4 is 5.73 Å². The number of hydrogen-bond acceptors (Lipinski definition) is 2. The van der Waals surface area contributed by atoms with Crippen LogP contribution in [0.5, 0.6) is 0 Å². The van der Waals surface area contributed by atoms with Gasteiger partial charge in [0.05, 0.1) is 5.69 Å². The number of para-hydroxylation sites is 1. The summed E-state index contributed by atoms with van der Waals surface area (Å²) in [5.74, 6) is 0.506. The molecule has 0 spiro atoms. The number of nitrogens with zero attached hydrogens (tertiary/aromatic N) is 1. The smallest absolute Gasteiger partial charge is 0.146 e. The summed E-state index contributed by atoms with van der Waals surface area (Å²) in [6.07, 6.45) is 5.40. The van der Waals surface area contributed by atoms with Gasteiger partial charge in [-0.1, -0.05) is 25.0 Å². The van der Waals surface area contributed by atoms with Gasteiger partial charge in [0.1, 0.15) is 5.82 Å². The van der Waals surface area contributed by atoms with Crippen LogP contribution in [0.15, 0.2) is 18.2 Å². The molecule has 0 aromatic heterocycles. The largest absolute Gasteiger partial charge is 0.396 e. The third-order valence-corrected chi connectivity index (χ3v) is 3.63. The number of anilines is 1. The number of rotatable bonds is 4. The Hall–Kier alpha value is -1.09. The quantitative estimate of drug-likeness (QED) is 0.814. The van der Waals surface area contributed by atoms with Gasteiger partial charge in [-0.3, -0.25) is 0 Å². The van der Waals surface area contributed by atoms with E-state index in [1.165, 1.54) is 31.7 Å². The number of benzene rings is 1. The SMILES string of the molecule is CN(Cc1cccc(F)c1N)CC1CCCC1. The lowest BCUT2D eigenvalue weighted by Gasteiger charge is -2.21. The standard InChI is InChI=1S/C14H21FN2/c1-17(9-11-5-2-3-6-11)10-12-7-4-8-13(15)14(12)16/h4,7-8,11H,2-3,5-6,9-10,16H2,1H3. The van der Waals surface area contributed by atoms with Gasteiger partial charge in [-0.2, -0.15) is 0 Å². The zero-order valence-electron chi connectivity index (χ0n) is 10.5. The molecular formula is C14H21FN2. The van der Waals surface area contributed by atoms with Gasteiger partial charge in [-0.15, -0.1) is 0 Å². The second-order valence-electron chi connectivity index (χ2n) is 5.16. The molecule has 0 unspecified atom stereocenters. The number of hydrogen-bond donors (Lipinski definition) is 1. The van der Waals surface area contributed by atoms with Crippen LogP contribution in [0.3, 0.4) is 0 Å². The van der Waals surface area contributed by atoms with E-state index in [1.807, 2.05) is 6.07 Å². The van der Waals surface area contributed by atoms with Gasteiger partial charge in [-0.25, -0.2) is 4.39 Å². The lowest BCUT2D eigenvalue weighted by molar-refractivity contribution is 0.271.